The molecule has 3 nitrogen and oxygen atoms in total. The molecule has 0 heterocycles. The maximum absolute atomic E-state index is 11.6. The van der Waals surface area contributed by atoms with Crippen LogP contribution in [0.25, 0.3) is 0 Å². The molecule has 0 aliphatic rings. The third-order valence-electron chi connectivity index (χ3n) is 2.06. The number of halogens is 3. The lowest BCUT2D eigenvalue weighted by atomic mass is 10.2. The Balaban J connectivity index is 2.52. The molecule has 0 aromatic heterocycles. The van der Waals surface area contributed by atoms with E-state index in [0.29, 0.717) is 13.0 Å². The summed E-state index contributed by atoms with van der Waals surface area (Å²) in [6.07, 6.45) is 0.326. The molecular weight excluding hydrogens is 442 g/mol. The molecule has 0 spiro atoms. The molecular formula is C13H16Br3NO2. The van der Waals surface area contributed by atoms with E-state index in [1.165, 1.54) is 0 Å². The van der Waals surface area contributed by atoms with Gasteiger partial charge in [-0.15, -0.1) is 0 Å². The predicted molar refractivity (Wildman–Crippen MR) is 88.5 cm³/mol. The van der Waals surface area contributed by atoms with Gasteiger partial charge in [0.2, 0.25) is 0 Å². The van der Waals surface area contributed by atoms with Gasteiger partial charge < -0.3 is 10.1 Å². The zero-order chi connectivity index (χ0) is 14.6. The summed E-state index contributed by atoms with van der Waals surface area (Å²) in [5.41, 5.74) is 0.488. The van der Waals surface area contributed by atoms with Crippen LogP contribution in [0.15, 0.2) is 25.6 Å². The lowest BCUT2D eigenvalue weighted by Gasteiger charge is -2.19. The number of hydrogen-bond acceptors (Lipinski definition) is 3. The van der Waals surface area contributed by atoms with Gasteiger partial charge in [0.1, 0.15) is 5.60 Å². The van der Waals surface area contributed by atoms with E-state index in [1.807, 2.05) is 32.9 Å². The summed E-state index contributed by atoms with van der Waals surface area (Å²) in [6.45, 7) is 6.11. The fraction of sp³-hybridized carbons (Fsp3) is 0.462. The Morgan fingerprint density at radius 1 is 1.21 bits per heavy atom. The summed E-state index contributed by atoms with van der Waals surface area (Å²) < 4.78 is 8.08. The molecule has 1 N–H and O–H groups in total. The third kappa shape index (κ3) is 6.27. The smallest absolute Gasteiger partial charge is 0.308 e. The highest BCUT2D eigenvalue weighted by Gasteiger charge is 2.16. The number of carbonyl (C=O) groups is 1. The average molecular weight is 458 g/mol. The lowest BCUT2D eigenvalue weighted by molar-refractivity contribution is -0.154. The third-order valence-corrected chi connectivity index (χ3v) is 3.77. The fourth-order valence-electron chi connectivity index (χ4n) is 1.39. The van der Waals surface area contributed by atoms with Crippen LogP contribution < -0.4 is 5.32 Å². The Bertz CT molecular complexity index is 446. The molecule has 0 aliphatic heterocycles. The highest BCUT2D eigenvalue weighted by molar-refractivity contribution is 9.11. The minimum absolute atomic E-state index is 0.204. The van der Waals surface area contributed by atoms with Crippen molar-refractivity contribution in [3.63, 3.8) is 0 Å². The maximum Gasteiger partial charge on any atom is 0.308 e. The van der Waals surface area contributed by atoms with E-state index in [9.17, 15) is 4.79 Å². The van der Waals surface area contributed by atoms with Gasteiger partial charge in [-0.25, -0.2) is 0 Å². The zero-order valence-electron chi connectivity index (χ0n) is 11.0. The molecule has 0 saturated carbocycles. The van der Waals surface area contributed by atoms with Crippen molar-refractivity contribution in [2.75, 3.05) is 11.9 Å². The Hall–Kier alpha value is -0.0700. The molecule has 0 aliphatic carbocycles. The molecule has 6 heteroatoms. The highest BCUT2D eigenvalue weighted by Crippen LogP contribution is 2.34. The summed E-state index contributed by atoms with van der Waals surface area (Å²) in [7, 11) is 0. The van der Waals surface area contributed by atoms with E-state index in [-0.39, 0.29) is 5.97 Å². The number of ether oxygens (including phenoxy) is 1. The minimum Gasteiger partial charge on any atom is -0.460 e. The molecule has 0 atom stereocenters. The van der Waals surface area contributed by atoms with E-state index in [0.717, 1.165) is 19.1 Å². The number of anilines is 1. The Morgan fingerprint density at radius 2 is 1.74 bits per heavy atom. The first kappa shape index (κ1) is 17.0. The number of hydrogen-bond donors (Lipinski definition) is 1. The lowest BCUT2D eigenvalue weighted by Crippen LogP contribution is -2.25. The van der Waals surface area contributed by atoms with Crippen LogP contribution in [0.2, 0.25) is 0 Å². The van der Waals surface area contributed by atoms with Crippen LogP contribution in [0.3, 0.4) is 0 Å². The summed E-state index contributed by atoms with van der Waals surface area (Å²) in [6, 6.07) is 3.89. The zero-order valence-corrected chi connectivity index (χ0v) is 15.8. The first-order valence-electron chi connectivity index (χ1n) is 5.79. The van der Waals surface area contributed by atoms with Gasteiger partial charge in [-0.3, -0.25) is 4.79 Å². The van der Waals surface area contributed by atoms with Gasteiger partial charge in [0.05, 0.1) is 12.1 Å². The van der Waals surface area contributed by atoms with Gasteiger partial charge in [0, 0.05) is 20.0 Å². The van der Waals surface area contributed by atoms with E-state index < -0.39 is 5.60 Å². The van der Waals surface area contributed by atoms with Crippen molar-refractivity contribution in [3.8, 4) is 0 Å². The first-order valence-corrected chi connectivity index (χ1v) is 8.17. The molecule has 0 amide bonds. The number of rotatable bonds is 4. The molecule has 1 rings (SSSR count). The molecule has 106 valence electrons. The molecule has 1 aromatic rings. The van der Waals surface area contributed by atoms with Crippen molar-refractivity contribution < 1.29 is 9.53 Å². The van der Waals surface area contributed by atoms with Crippen LogP contribution in [0, 0.1) is 0 Å². The van der Waals surface area contributed by atoms with Gasteiger partial charge in [-0.1, -0.05) is 15.9 Å². The van der Waals surface area contributed by atoms with Crippen molar-refractivity contribution in [3.05, 3.63) is 25.6 Å². The molecule has 0 bridgehead atoms. The Kier molecular flexibility index (Phi) is 6.33. The van der Waals surface area contributed by atoms with Crippen molar-refractivity contribution in [1.29, 1.82) is 0 Å². The summed E-state index contributed by atoms with van der Waals surface area (Å²) in [5, 5.41) is 3.21. The molecule has 19 heavy (non-hydrogen) atoms. The van der Waals surface area contributed by atoms with Crippen LogP contribution in [0.4, 0.5) is 5.69 Å². The van der Waals surface area contributed by atoms with Crippen LogP contribution in [0.1, 0.15) is 27.2 Å². The van der Waals surface area contributed by atoms with Gasteiger partial charge in [-0.05, 0) is 64.8 Å². The standard InChI is InChI=1S/C13H16Br3NO2/c1-13(2,3)19-11(18)4-5-17-12-9(15)6-8(14)7-10(12)16/h6-7,17H,4-5H2,1-3H3. The number of carbonyl (C=O) groups excluding carboxylic acids is 1. The second kappa shape index (κ2) is 7.09. The minimum atomic E-state index is -0.435. The van der Waals surface area contributed by atoms with Crippen LogP contribution in [-0.4, -0.2) is 18.1 Å². The monoisotopic (exact) mass is 455 g/mol. The summed E-state index contributed by atoms with van der Waals surface area (Å²) in [5.74, 6) is -0.204. The average Bonchev–Trinajstić information content (AvgIpc) is 2.19. The normalized spacial score (nSPS) is 11.3. The second-order valence-electron chi connectivity index (χ2n) is 5.01. The maximum atomic E-state index is 11.6. The number of nitrogens with one attached hydrogen (secondary N) is 1. The van der Waals surface area contributed by atoms with Crippen molar-refractivity contribution in [1.82, 2.24) is 0 Å². The summed E-state index contributed by atoms with van der Waals surface area (Å²) >= 11 is 10.4. The van der Waals surface area contributed by atoms with Crippen LogP contribution >= 0.6 is 47.8 Å². The van der Waals surface area contributed by atoms with E-state index in [2.05, 4.69) is 53.1 Å². The SMILES string of the molecule is CC(C)(C)OC(=O)CCNc1c(Br)cc(Br)cc1Br. The number of esters is 1. The van der Waals surface area contributed by atoms with E-state index in [1.54, 1.807) is 0 Å². The van der Waals surface area contributed by atoms with Crippen molar-refractivity contribution in [2.24, 2.45) is 0 Å². The van der Waals surface area contributed by atoms with E-state index >= 15 is 0 Å². The molecule has 0 fully saturated rings. The second-order valence-corrected chi connectivity index (χ2v) is 7.63. The molecule has 0 saturated heterocycles. The molecule has 0 unspecified atom stereocenters. The van der Waals surface area contributed by atoms with Gasteiger partial charge >= 0.3 is 5.97 Å². The van der Waals surface area contributed by atoms with Crippen LogP contribution in [-0.2, 0) is 9.53 Å². The fourth-order valence-corrected chi connectivity index (χ4v) is 3.93. The topological polar surface area (TPSA) is 38.3 Å². The molecule has 0 radical (unpaired) electrons. The Labute approximate surface area is 138 Å². The summed E-state index contributed by atoms with van der Waals surface area (Å²) in [4.78, 5) is 11.6. The first-order chi connectivity index (χ1) is 8.69. The van der Waals surface area contributed by atoms with Gasteiger partial charge in [0.15, 0.2) is 0 Å². The van der Waals surface area contributed by atoms with Crippen molar-refractivity contribution in [2.45, 2.75) is 32.8 Å². The number of benzene rings is 1. The Morgan fingerprint density at radius 3 is 2.21 bits per heavy atom. The van der Waals surface area contributed by atoms with Crippen molar-refractivity contribution >= 4 is 59.4 Å². The van der Waals surface area contributed by atoms with Gasteiger partial charge in [-0.2, -0.15) is 0 Å². The largest absolute Gasteiger partial charge is 0.460 e. The van der Waals surface area contributed by atoms with E-state index in [4.69, 9.17) is 4.74 Å². The highest BCUT2D eigenvalue weighted by atomic mass is 79.9. The molecule has 1 aromatic carbocycles. The quantitative estimate of drug-likeness (QED) is 0.638. The van der Waals surface area contributed by atoms with Crippen LogP contribution in [0.5, 0.6) is 0 Å². The van der Waals surface area contributed by atoms with Gasteiger partial charge in [0.25, 0.3) is 0 Å². The predicted octanol–water partition coefficient (Wildman–Crippen LogP) is 5.12.